The molecule has 0 amide bonds. The number of halogens is 3. The molecule has 2 N–H and O–H groups in total. The largest absolute Gasteiger partial charge is 0.586 e. The first kappa shape index (κ1) is 16.0. The maximum Gasteiger partial charge on any atom is 0.586 e. The number of hydrogen-bond acceptors (Lipinski definition) is 5. The summed E-state index contributed by atoms with van der Waals surface area (Å²) in [5, 5.41) is 19.6. The highest BCUT2D eigenvalue weighted by atomic mass is 19.3. The molecule has 6 nitrogen and oxygen atoms in total. The van der Waals surface area contributed by atoms with Crippen LogP contribution in [0.1, 0.15) is 70.5 Å². The zero-order valence-corrected chi connectivity index (χ0v) is 19.9. The molecule has 1 aromatic heterocycles. The average molecular weight is 528 g/mol. The van der Waals surface area contributed by atoms with Crippen molar-refractivity contribution in [3.05, 3.63) is 58.9 Å². The van der Waals surface area contributed by atoms with Crippen LogP contribution >= 0.6 is 0 Å². The Morgan fingerprint density at radius 3 is 2.65 bits per heavy atom. The Morgan fingerprint density at radius 1 is 1.27 bits per heavy atom. The minimum absolute atomic E-state index is 0.0229. The van der Waals surface area contributed by atoms with E-state index in [2.05, 4.69) is 9.47 Å². The van der Waals surface area contributed by atoms with Gasteiger partial charge in [0.15, 0.2) is 11.5 Å². The van der Waals surface area contributed by atoms with Gasteiger partial charge in [-0.15, -0.1) is 8.78 Å². The smallest absolute Gasteiger partial charge is 0.395 e. The number of aliphatic hydroxyl groups excluding tert-OH is 1. The molecular weight excluding hydrogens is 487 g/mol. The van der Waals surface area contributed by atoms with E-state index in [1.165, 1.54) is 13.8 Å². The number of ketones is 1. The summed E-state index contributed by atoms with van der Waals surface area (Å²) in [6.45, 7) is -2.09. The molecule has 5 rings (SSSR count). The van der Waals surface area contributed by atoms with Gasteiger partial charge in [-0.25, -0.2) is 4.39 Å². The Hall–Kier alpha value is -3.04. The minimum atomic E-state index is -4.22. The summed E-state index contributed by atoms with van der Waals surface area (Å²) in [7, 11) is 0. The maximum absolute atomic E-state index is 16.1. The predicted molar refractivity (Wildman–Crippen MR) is 131 cm³/mol. The number of carbonyl (C=O) groups excluding carboxylic acids is 1. The van der Waals surface area contributed by atoms with Crippen molar-refractivity contribution in [2.24, 2.45) is 0 Å². The van der Waals surface area contributed by atoms with E-state index < -0.39 is 131 Å². The number of aromatic nitrogens is 1. The van der Waals surface area contributed by atoms with Gasteiger partial charge in [0.1, 0.15) is 11.6 Å². The van der Waals surface area contributed by atoms with Gasteiger partial charge in [0.2, 0.25) is 0 Å². The minimum Gasteiger partial charge on any atom is -0.395 e. The zero-order valence-electron chi connectivity index (χ0n) is 29.9. The van der Waals surface area contributed by atoms with E-state index in [0.717, 1.165) is 4.57 Å². The number of nitrogens with zero attached hydrogens (tertiary/aromatic N) is 1. The van der Waals surface area contributed by atoms with Crippen molar-refractivity contribution in [2.75, 3.05) is 6.61 Å². The van der Waals surface area contributed by atoms with Crippen molar-refractivity contribution in [3.63, 3.8) is 0 Å². The van der Waals surface area contributed by atoms with Crippen molar-refractivity contribution < 1.29 is 51.4 Å². The summed E-state index contributed by atoms with van der Waals surface area (Å²) >= 11 is 0. The van der Waals surface area contributed by atoms with Crippen LogP contribution in [0.25, 0.3) is 10.9 Å². The third-order valence-corrected chi connectivity index (χ3v) is 6.83. The van der Waals surface area contributed by atoms with Crippen LogP contribution in [0.3, 0.4) is 0 Å². The fourth-order valence-corrected chi connectivity index (χ4v) is 4.36. The molecule has 3 aromatic rings. The molecule has 1 unspecified atom stereocenters. The number of aliphatic hydroxyl groups is 2. The number of ether oxygens (including phenoxy) is 2. The maximum atomic E-state index is 16.1. The number of carbonyl (C=O) groups is 1. The van der Waals surface area contributed by atoms with E-state index in [9.17, 15) is 23.8 Å². The van der Waals surface area contributed by atoms with E-state index in [1.807, 2.05) is 0 Å². The quantitative estimate of drug-likeness (QED) is 0.410. The first-order valence-corrected chi connectivity index (χ1v) is 11.6. The number of Topliss-reactive ketones (excluding diaryl/α,β-unsaturated/α-hetero) is 1. The standard InChI is InChI=1S/C28H30F3NO5/c1-4-26(2,3)24-10-17-9-16(20(29)13-21(17)32(24)14-19(34)15-33)11-25(35)27(7-8-27)18-5-6-22-23(12-18)37-28(30,31)36-22/h5-6,9-10,12-13,19,33-34H,4,7-8,11,14-15H2,1-3H3/t19-/m0/s1/i2D3,5D,6D,9D,10D,12D,13D,19D/t19-,26?. The fraction of sp³-hybridized carbons (Fsp3) is 0.464. The molecule has 1 aliphatic heterocycles. The van der Waals surface area contributed by atoms with E-state index in [-0.39, 0.29) is 25.0 Å². The summed E-state index contributed by atoms with van der Waals surface area (Å²) in [6.07, 6.45) is -7.99. The van der Waals surface area contributed by atoms with E-state index >= 15 is 4.39 Å². The van der Waals surface area contributed by atoms with Gasteiger partial charge in [0.25, 0.3) is 0 Å². The summed E-state index contributed by atoms with van der Waals surface area (Å²) in [5.74, 6) is -3.97. The van der Waals surface area contributed by atoms with Gasteiger partial charge in [0, 0.05) is 27.0 Å². The number of alkyl halides is 2. The Kier molecular flexibility index (Phi) is 3.80. The Labute approximate surface area is 226 Å². The molecule has 2 aliphatic rings. The first-order valence-electron chi connectivity index (χ1n) is 16.6. The third kappa shape index (κ3) is 4.48. The highest BCUT2D eigenvalue weighted by Gasteiger charge is 2.52. The molecular formula is C28H30F3NO5. The van der Waals surface area contributed by atoms with Crippen molar-refractivity contribution in [1.82, 2.24) is 4.57 Å². The molecule has 37 heavy (non-hydrogen) atoms. The molecule has 1 saturated carbocycles. The van der Waals surface area contributed by atoms with Crippen LogP contribution in [0.5, 0.6) is 11.5 Å². The van der Waals surface area contributed by atoms with Crippen LogP contribution in [0.4, 0.5) is 13.2 Å². The second-order valence-electron chi connectivity index (χ2n) is 9.49. The zero-order chi connectivity index (χ0) is 35.4. The first-order chi connectivity index (χ1) is 21.5. The van der Waals surface area contributed by atoms with Crippen LogP contribution in [0, 0.1) is 5.82 Å². The molecule has 0 saturated heterocycles. The summed E-state index contributed by atoms with van der Waals surface area (Å²) < 4.78 is 137. The van der Waals surface area contributed by atoms with Crippen LogP contribution in [-0.4, -0.2) is 39.5 Å². The van der Waals surface area contributed by atoms with Gasteiger partial charge >= 0.3 is 6.29 Å². The molecule has 0 spiro atoms. The highest BCUT2D eigenvalue weighted by Crippen LogP contribution is 2.52. The van der Waals surface area contributed by atoms with Crippen molar-refractivity contribution >= 4 is 16.7 Å². The molecule has 198 valence electrons. The van der Waals surface area contributed by atoms with Gasteiger partial charge in [-0.1, -0.05) is 26.7 Å². The summed E-state index contributed by atoms with van der Waals surface area (Å²) in [5.41, 5.74) is -5.56. The van der Waals surface area contributed by atoms with Crippen LogP contribution in [0.15, 0.2) is 36.3 Å². The molecule has 1 aliphatic carbocycles. The van der Waals surface area contributed by atoms with Crippen molar-refractivity contribution in [3.8, 4) is 11.5 Å². The molecule has 0 radical (unpaired) electrons. The lowest BCUT2D eigenvalue weighted by molar-refractivity contribution is -0.286. The van der Waals surface area contributed by atoms with E-state index in [0.29, 0.717) is 0 Å². The average Bonchev–Trinajstić information content (AvgIpc) is 3.63. The summed E-state index contributed by atoms with van der Waals surface area (Å²) in [6, 6.07) is -4.79. The number of rotatable bonds is 9. The van der Waals surface area contributed by atoms with Crippen LogP contribution < -0.4 is 9.47 Å². The van der Waals surface area contributed by atoms with Gasteiger partial charge in [-0.05, 0) is 60.6 Å². The molecule has 2 atom stereocenters. The topological polar surface area (TPSA) is 80.9 Å². The fourth-order valence-electron chi connectivity index (χ4n) is 4.36. The number of fused-ring (bicyclic) bond motifs is 2. The normalized spacial score (nSPS) is 24.6. The SMILES string of the molecule is [2H]c1c([2H])c(C2(C(=O)Cc3c(F)c([2H])c4c(c3[2H])c([2H])c(C(C)(CC)C([2H])([2H])[2H])n4C[C@]([2H])(O)CO)CC2)c([2H])c2c1OC(F)(F)O2. The van der Waals surface area contributed by atoms with Gasteiger partial charge in [-0.3, -0.25) is 4.79 Å². The van der Waals surface area contributed by atoms with Gasteiger partial charge in [0.05, 0.1) is 39.8 Å². The highest BCUT2D eigenvalue weighted by molar-refractivity contribution is 5.95. The molecule has 0 bridgehead atoms. The monoisotopic (exact) mass is 527 g/mol. The Bertz CT molecular complexity index is 1840. The molecule has 9 heteroatoms. The van der Waals surface area contributed by atoms with E-state index in [4.69, 9.17) is 13.7 Å². The van der Waals surface area contributed by atoms with E-state index in [1.54, 1.807) is 0 Å². The third-order valence-electron chi connectivity index (χ3n) is 6.83. The Balaban J connectivity index is 1.70. The molecule has 2 aromatic carbocycles. The van der Waals surface area contributed by atoms with Gasteiger partial charge in [-0.2, -0.15) is 0 Å². The summed E-state index contributed by atoms with van der Waals surface area (Å²) in [4.78, 5) is 13.8. The number of hydrogen-bond donors (Lipinski definition) is 2. The lowest BCUT2D eigenvalue weighted by Crippen LogP contribution is -2.26. The lowest BCUT2D eigenvalue weighted by atomic mass is 9.86. The molecule has 1 fully saturated rings. The van der Waals surface area contributed by atoms with Crippen LogP contribution in [0.2, 0.25) is 0 Å². The van der Waals surface area contributed by atoms with Crippen molar-refractivity contribution in [2.45, 2.75) is 76.1 Å². The van der Waals surface area contributed by atoms with Crippen molar-refractivity contribution in [1.29, 1.82) is 0 Å². The second-order valence-corrected chi connectivity index (χ2v) is 9.49. The second kappa shape index (κ2) is 8.77. The number of benzene rings is 2. The lowest BCUT2D eigenvalue weighted by Gasteiger charge is -2.26. The van der Waals surface area contributed by atoms with Gasteiger partial charge < -0.3 is 24.3 Å². The Morgan fingerprint density at radius 2 is 2.00 bits per heavy atom. The van der Waals surface area contributed by atoms with Crippen LogP contribution in [-0.2, 0) is 28.6 Å². The predicted octanol–water partition coefficient (Wildman–Crippen LogP) is 4.99. The molecule has 2 heterocycles.